The van der Waals surface area contributed by atoms with E-state index in [0.29, 0.717) is 44.6 Å². The third-order valence-electron chi connectivity index (χ3n) is 5.22. The molecule has 0 spiro atoms. The van der Waals surface area contributed by atoms with Crippen molar-refractivity contribution in [1.29, 1.82) is 0 Å². The number of aromatic nitrogens is 2. The summed E-state index contributed by atoms with van der Waals surface area (Å²) in [6, 6.07) is 7.84. The zero-order valence-corrected chi connectivity index (χ0v) is 16.4. The SMILES string of the molecule is CCOc1ccnc(N2CCN(C(=O)Nc3ccc4c(c3)N(C)CC4)CC2)n1. The van der Waals surface area contributed by atoms with Gasteiger partial charge in [0.1, 0.15) is 0 Å². The minimum atomic E-state index is -0.0655. The molecule has 0 aliphatic carbocycles. The Morgan fingerprint density at radius 2 is 2.00 bits per heavy atom. The van der Waals surface area contributed by atoms with Crippen LogP contribution in [0.5, 0.6) is 5.88 Å². The van der Waals surface area contributed by atoms with Crippen LogP contribution in [-0.2, 0) is 6.42 Å². The predicted octanol–water partition coefficient (Wildman–Crippen LogP) is 2.22. The van der Waals surface area contributed by atoms with E-state index in [1.807, 2.05) is 17.9 Å². The van der Waals surface area contributed by atoms with Gasteiger partial charge in [-0.3, -0.25) is 0 Å². The van der Waals surface area contributed by atoms with E-state index < -0.39 is 0 Å². The molecule has 8 heteroatoms. The Bertz CT molecular complexity index is 850. The Morgan fingerprint density at radius 3 is 2.79 bits per heavy atom. The summed E-state index contributed by atoms with van der Waals surface area (Å²) in [5.74, 6) is 1.22. The molecule has 1 N–H and O–H groups in total. The number of hydrogen-bond donors (Lipinski definition) is 1. The largest absolute Gasteiger partial charge is 0.478 e. The molecule has 1 aromatic heterocycles. The number of anilines is 3. The smallest absolute Gasteiger partial charge is 0.321 e. The van der Waals surface area contributed by atoms with Gasteiger partial charge in [-0.1, -0.05) is 6.07 Å². The average Bonchev–Trinajstić information content (AvgIpc) is 3.09. The van der Waals surface area contributed by atoms with Crippen LogP contribution in [0.2, 0.25) is 0 Å². The zero-order valence-electron chi connectivity index (χ0n) is 16.4. The highest BCUT2D eigenvalue weighted by Gasteiger charge is 2.23. The van der Waals surface area contributed by atoms with E-state index in [4.69, 9.17) is 4.74 Å². The lowest BCUT2D eigenvalue weighted by atomic mass is 10.1. The highest BCUT2D eigenvalue weighted by atomic mass is 16.5. The summed E-state index contributed by atoms with van der Waals surface area (Å²) < 4.78 is 5.45. The summed E-state index contributed by atoms with van der Waals surface area (Å²) in [4.78, 5) is 27.6. The number of rotatable bonds is 4. The molecule has 148 valence electrons. The number of hydrogen-bond acceptors (Lipinski definition) is 6. The van der Waals surface area contributed by atoms with Crippen LogP contribution in [0.25, 0.3) is 0 Å². The van der Waals surface area contributed by atoms with Crippen molar-refractivity contribution in [3.05, 3.63) is 36.0 Å². The lowest BCUT2D eigenvalue weighted by molar-refractivity contribution is 0.208. The van der Waals surface area contributed by atoms with E-state index >= 15 is 0 Å². The molecule has 2 aliphatic rings. The summed E-state index contributed by atoms with van der Waals surface area (Å²) in [5, 5.41) is 3.03. The predicted molar refractivity (Wildman–Crippen MR) is 109 cm³/mol. The summed E-state index contributed by atoms with van der Waals surface area (Å²) in [6.07, 6.45) is 2.77. The third kappa shape index (κ3) is 3.81. The molecule has 1 saturated heterocycles. The molecule has 0 atom stereocenters. The summed E-state index contributed by atoms with van der Waals surface area (Å²) >= 11 is 0. The lowest BCUT2D eigenvalue weighted by Gasteiger charge is -2.34. The second kappa shape index (κ2) is 7.92. The first kappa shape index (κ1) is 18.3. The molecule has 2 aromatic rings. The van der Waals surface area contributed by atoms with Crippen LogP contribution >= 0.6 is 0 Å². The number of benzene rings is 1. The summed E-state index contributed by atoms with van der Waals surface area (Å²) in [7, 11) is 2.08. The molecule has 0 bridgehead atoms. The quantitative estimate of drug-likeness (QED) is 0.874. The molecule has 1 aromatic carbocycles. The molecule has 28 heavy (non-hydrogen) atoms. The second-order valence-electron chi connectivity index (χ2n) is 7.05. The normalized spacial score (nSPS) is 16.1. The van der Waals surface area contributed by atoms with E-state index in [1.54, 1.807) is 12.3 Å². The van der Waals surface area contributed by atoms with Crippen LogP contribution in [0.1, 0.15) is 12.5 Å². The first-order valence-electron chi connectivity index (χ1n) is 9.75. The molecule has 0 saturated carbocycles. The van der Waals surface area contributed by atoms with Gasteiger partial charge in [0.05, 0.1) is 6.61 Å². The Kier molecular flexibility index (Phi) is 5.18. The van der Waals surface area contributed by atoms with Crippen LogP contribution in [0.4, 0.5) is 22.1 Å². The highest BCUT2D eigenvalue weighted by Crippen LogP contribution is 2.29. The molecule has 4 rings (SSSR count). The van der Waals surface area contributed by atoms with E-state index in [9.17, 15) is 4.79 Å². The van der Waals surface area contributed by atoms with Crippen LogP contribution in [0.3, 0.4) is 0 Å². The molecular weight excluding hydrogens is 356 g/mol. The van der Waals surface area contributed by atoms with Gasteiger partial charge >= 0.3 is 6.03 Å². The molecule has 2 aliphatic heterocycles. The molecule has 1 fully saturated rings. The molecule has 3 heterocycles. The van der Waals surface area contributed by atoms with E-state index in [1.165, 1.54) is 11.3 Å². The van der Waals surface area contributed by atoms with E-state index in [2.05, 4.69) is 44.3 Å². The van der Waals surface area contributed by atoms with Gasteiger partial charge in [-0.15, -0.1) is 0 Å². The maximum atomic E-state index is 12.7. The summed E-state index contributed by atoms with van der Waals surface area (Å²) in [6.45, 7) is 6.16. The number of ether oxygens (including phenoxy) is 1. The molecular formula is C20H26N6O2. The van der Waals surface area contributed by atoms with Gasteiger partial charge in [0.25, 0.3) is 0 Å². The number of nitrogens with one attached hydrogen (secondary N) is 1. The monoisotopic (exact) mass is 382 g/mol. The number of nitrogens with zero attached hydrogens (tertiary/aromatic N) is 5. The van der Waals surface area contributed by atoms with Crippen molar-refractivity contribution in [2.24, 2.45) is 0 Å². The van der Waals surface area contributed by atoms with Crippen LogP contribution in [-0.4, -0.2) is 67.3 Å². The van der Waals surface area contributed by atoms with Crippen molar-refractivity contribution in [3.63, 3.8) is 0 Å². The van der Waals surface area contributed by atoms with Gasteiger partial charge in [0.15, 0.2) is 0 Å². The van der Waals surface area contributed by atoms with Gasteiger partial charge in [-0.05, 0) is 31.0 Å². The van der Waals surface area contributed by atoms with Crippen molar-refractivity contribution in [2.75, 3.05) is 61.5 Å². The molecule has 8 nitrogen and oxygen atoms in total. The van der Waals surface area contributed by atoms with Gasteiger partial charge in [-0.2, -0.15) is 4.98 Å². The Hall–Kier alpha value is -3.03. The Balaban J connectivity index is 1.34. The van der Waals surface area contributed by atoms with Gasteiger partial charge in [-0.25, -0.2) is 9.78 Å². The van der Waals surface area contributed by atoms with Gasteiger partial charge in [0, 0.05) is 63.4 Å². The summed E-state index contributed by atoms with van der Waals surface area (Å²) in [5.41, 5.74) is 3.38. The topological polar surface area (TPSA) is 73.8 Å². The van der Waals surface area contributed by atoms with Crippen molar-refractivity contribution >= 4 is 23.4 Å². The van der Waals surface area contributed by atoms with Crippen molar-refractivity contribution in [1.82, 2.24) is 14.9 Å². The first-order valence-corrected chi connectivity index (χ1v) is 9.75. The number of carbonyl (C=O) groups excluding carboxylic acids is 1. The van der Waals surface area contributed by atoms with Crippen LogP contribution in [0, 0.1) is 0 Å². The Morgan fingerprint density at radius 1 is 1.18 bits per heavy atom. The van der Waals surface area contributed by atoms with E-state index in [-0.39, 0.29) is 6.03 Å². The standard InChI is InChI=1S/C20H26N6O2/c1-3-28-18-6-8-21-19(23-18)25-10-12-26(13-11-25)20(27)22-16-5-4-15-7-9-24(2)17(15)14-16/h4-6,8,14H,3,7,9-13H2,1-2H3,(H,22,27). The van der Waals surface area contributed by atoms with E-state index in [0.717, 1.165) is 18.7 Å². The Labute approximate surface area is 165 Å². The minimum Gasteiger partial charge on any atom is -0.478 e. The fourth-order valence-corrected chi connectivity index (χ4v) is 3.64. The molecule has 0 unspecified atom stereocenters. The molecule has 0 radical (unpaired) electrons. The third-order valence-corrected chi connectivity index (χ3v) is 5.22. The number of urea groups is 1. The zero-order chi connectivity index (χ0) is 19.5. The van der Waals surface area contributed by atoms with Crippen molar-refractivity contribution in [2.45, 2.75) is 13.3 Å². The first-order chi connectivity index (χ1) is 13.6. The van der Waals surface area contributed by atoms with Crippen LogP contribution in [0.15, 0.2) is 30.5 Å². The van der Waals surface area contributed by atoms with Gasteiger partial charge in [0.2, 0.25) is 11.8 Å². The lowest BCUT2D eigenvalue weighted by Crippen LogP contribution is -2.50. The fraction of sp³-hybridized carbons (Fsp3) is 0.450. The number of likely N-dealkylation sites (N-methyl/N-ethyl adjacent to an activating group) is 1. The fourth-order valence-electron chi connectivity index (χ4n) is 3.64. The highest BCUT2D eigenvalue weighted by molar-refractivity contribution is 5.90. The molecule has 2 amide bonds. The maximum Gasteiger partial charge on any atom is 0.321 e. The minimum absolute atomic E-state index is 0.0655. The van der Waals surface area contributed by atoms with Gasteiger partial charge < -0.3 is 24.8 Å². The number of fused-ring (bicyclic) bond motifs is 1. The maximum absolute atomic E-state index is 12.7. The second-order valence-corrected chi connectivity index (χ2v) is 7.05. The number of carbonyl (C=O) groups is 1. The van der Waals surface area contributed by atoms with Crippen molar-refractivity contribution in [3.8, 4) is 5.88 Å². The van der Waals surface area contributed by atoms with Crippen LogP contribution < -0.4 is 19.9 Å². The van der Waals surface area contributed by atoms with Crippen molar-refractivity contribution < 1.29 is 9.53 Å². The number of amides is 2. The number of piperazine rings is 1. The average molecular weight is 382 g/mol.